The molecule has 2 heterocycles. The van der Waals surface area contributed by atoms with Gasteiger partial charge in [-0.1, -0.05) is 23.9 Å². The van der Waals surface area contributed by atoms with Gasteiger partial charge in [0.25, 0.3) is 5.22 Å². The van der Waals surface area contributed by atoms with Crippen molar-refractivity contribution >= 4 is 23.4 Å². The summed E-state index contributed by atoms with van der Waals surface area (Å²) in [4.78, 5) is 20.4. The minimum Gasteiger partial charge on any atom is -0.431 e. The molecule has 8 heteroatoms. The summed E-state index contributed by atoms with van der Waals surface area (Å²) in [6.07, 6.45) is 1.56. The smallest absolute Gasteiger partial charge is 0.256 e. The predicted molar refractivity (Wildman–Crippen MR) is 108 cm³/mol. The summed E-state index contributed by atoms with van der Waals surface area (Å²) in [6.45, 7) is 2.26. The van der Waals surface area contributed by atoms with Crippen molar-refractivity contribution in [1.82, 2.24) is 9.88 Å². The third-order valence-electron chi connectivity index (χ3n) is 4.76. The molecule has 29 heavy (non-hydrogen) atoms. The van der Waals surface area contributed by atoms with Crippen molar-refractivity contribution < 1.29 is 18.0 Å². The van der Waals surface area contributed by atoms with E-state index in [0.29, 0.717) is 42.8 Å². The van der Waals surface area contributed by atoms with Crippen molar-refractivity contribution in [3.05, 3.63) is 66.4 Å². The normalized spacial score (nSPS) is 14.3. The Morgan fingerprint density at radius 1 is 1.03 bits per heavy atom. The highest BCUT2D eigenvalue weighted by Gasteiger charge is 2.23. The molecule has 0 radical (unpaired) electrons. The number of carbonyl (C=O) groups excluding carboxylic acids is 1. The molecule has 0 bridgehead atoms. The highest BCUT2D eigenvalue weighted by Crippen LogP contribution is 2.26. The molecule has 5 nitrogen and oxygen atoms in total. The Morgan fingerprint density at radius 2 is 1.76 bits per heavy atom. The monoisotopic (exact) mass is 415 g/mol. The number of aromatic nitrogens is 1. The molecule has 4 rings (SSSR count). The number of para-hydroxylation sites is 1. The van der Waals surface area contributed by atoms with Crippen LogP contribution >= 0.6 is 11.8 Å². The van der Waals surface area contributed by atoms with Gasteiger partial charge in [0.05, 0.1) is 17.6 Å². The van der Waals surface area contributed by atoms with Crippen LogP contribution in [0.25, 0.3) is 11.3 Å². The molecule has 1 aromatic heterocycles. The lowest BCUT2D eigenvalue weighted by Crippen LogP contribution is -2.49. The van der Waals surface area contributed by atoms with Gasteiger partial charge in [0, 0.05) is 31.7 Å². The second-order valence-electron chi connectivity index (χ2n) is 6.61. The number of halogens is 2. The summed E-state index contributed by atoms with van der Waals surface area (Å²) >= 11 is 1.22. The predicted octanol–water partition coefficient (Wildman–Crippen LogP) is 4.06. The average Bonchev–Trinajstić information content (AvgIpc) is 3.22. The molecule has 3 aromatic rings. The molecular weight excluding hydrogens is 396 g/mol. The zero-order valence-corrected chi connectivity index (χ0v) is 16.4. The number of carbonyl (C=O) groups is 1. The van der Waals surface area contributed by atoms with Gasteiger partial charge in [-0.15, -0.1) is 0 Å². The average molecular weight is 415 g/mol. The molecule has 1 saturated heterocycles. The lowest BCUT2D eigenvalue weighted by molar-refractivity contribution is -0.128. The van der Waals surface area contributed by atoms with Crippen LogP contribution in [-0.2, 0) is 4.79 Å². The number of piperazine rings is 1. The molecule has 0 spiro atoms. The molecule has 2 aromatic carbocycles. The number of benzene rings is 2. The van der Waals surface area contributed by atoms with E-state index in [1.165, 1.54) is 30.0 Å². The van der Waals surface area contributed by atoms with E-state index in [9.17, 15) is 13.6 Å². The zero-order valence-electron chi connectivity index (χ0n) is 15.6. The minimum absolute atomic E-state index is 0.00952. The van der Waals surface area contributed by atoms with Crippen LogP contribution in [0.3, 0.4) is 0 Å². The highest BCUT2D eigenvalue weighted by molar-refractivity contribution is 7.99. The number of anilines is 1. The maximum atomic E-state index is 13.9. The summed E-state index contributed by atoms with van der Waals surface area (Å²) in [5, 5.41) is 0.391. The van der Waals surface area contributed by atoms with Crippen molar-refractivity contribution in [2.75, 3.05) is 36.8 Å². The van der Waals surface area contributed by atoms with Gasteiger partial charge < -0.3 is 14.2 Å². The largest absolute Gasteiger partial charge is 0.431 e. The van der Waals surface area contributed by atoms with Crippen LogP contribution in [-0.4, -0.2) is 47.7 Å². The quantitative estimate of drug-likeness (QED) is 0.588. The van der Waals surface area contributed by atoms with Crippen LogP contribution in [0.2, 0.25) is 0 Å². The summed E-state index contributed by atoms with van der Waals surface area (Å²) in [7, 11) is 0. The zero-order chi connectivity index (χ0) is 20.2. The van der Waals surface area contributed by atoms with E-state index in [4.69, 9.17) is 4.42 Å². The number of nitrogens with zero attached hydrogens (tertiary/aromatic N) is 3. The number of thioether (sulfide) groups is 1. The fourth-order valence-electron chi connectivity index (χ4n) is 3.19. The maximum Gasteiger partial charge on any atom is 0.256 e. The third-order valence-corrected chi connectivity index (χ3v) is 5.58. The van der Waals surface area contributed by atoms with Gasteiger partial charge in [0.1, 0.15) is 11.6 Å². The molecule has 1 aliphatic heterocycles. The SMILES string of the molecule is O=C(CSc1ncc(-c2ccc(F)cc2)o1)N1CCN(c2ccccc2F)CC1. The van der Waals surface area contributed by atoms with Gasteiger partial charge in [-0.2, -0.15) is 0 Å². The molecule has 0 aliphatic carbocycles. The first-order valence-corrected chi connectivity index (χ1v) is 10.2. The Kier molecular flexibility index (Phi) is 5.80. The Balaban J connectivity index is 1.29. The Bertz CT molecular complexity index is 986. The van der Waals surface area contributed by atoms with Crippen molar-refractivity contribution in [2.45, 2.75) is 5.22 Å². The number of hydrogen-bond donors (Lipinski definition) is 0. The van der Waals surface area contributed by atoms with Gasteiger partial charge in [0.2, 0.25) is 5.91 Å². The van der Waals surface area contributed by atoms with Gasteiger partial charge in [0.15, 0.2) is 5.76 Å². The Labute approximate surface area is 171 Å². The summed E-state index contributed by atoms with van der Waals surface area (Å²) in [5.74, 6) is 0.165. The van der Waals surface area contributed by atoms with E-state index in [1.54, 1.807) is 35.4 Å². The van der Waals surface area contributed by atoms with Crippen LogP contribution < -0.4 is 4.90 Å². The molecular formula is C21H19F2N3O2S. The molecule has 1 aliphatic rings. The molecule has 0 unspecified atom stereocenters. The van der Waals surface area contributed by atoms with Crippen molar-refractivity contribution in [1.29, 1.82) is 0 Å². The van der Waals surface area contributed by atoms with Gasteiger partial charge in [-0.25, -0.2) is 13.8 Å². The molecule has 0 saturated carbocycles. The molecule has 1 fully saturated rings. The van der Waals surface area contributed by atoms with Crippen molar-refractivity contribution in [2.24, 2.45) is 0 Å². The summed E-state index contributed by atoms with van der Waals surface area (Å²) in [6, 6.07) is 12.6. The Hall–Kier alpha value is -2.87. The molecule has 1 amide bonds. The number of rotatable bonds is 5. The maximum absolute atomic E-state index is 13.9. The minimum atomic E-state index is -0.316. The first kappa shape index (κ1) is 19.4. The van der Waals surface area contributed by atoms with E-state index in [0.717, 1.165) is 5.56 Å². The molecule has 150 valence electrons. The van der Waals surface area contributed by atoms with E-state index in [1.807, 2.05) is 11.0 Å². The first-order chi connectivity index (χ1) is 14.1. The van der Waals surface area contributed by atoms with Gasteiger partial charge in [-0.3, -0.25) is 4.79 Å². The number of oxazole rings is 1. The van der Waals surface area contributed by atoms with Crippen LogP contribution in [0.4, 0.5) is 14.5 Å². The van der Waals surface area contributed by atoms with E-state index in [2.05, 4.69) is 4.98 Å². The standard InChI is InChI=1S/C21H19F2N3O2S/c22-16-7-5-15(6-8-16)19-13-24-21(28-19)29-14-20(27)26-11-9-25(10-12-26)18-4-2-1-3-17(18)23/h1-8,13H,9-12,14H2. The number of hydrogen-bond acceptors (Lipinski definition) is 5. The lowest BCUT2D eigenvalue weighted by atomic mass is 10.2. The highest BCUT2D eigenvalue weighted by atomic mass is 32.2. The van der Waals surface area contributed by atoms with Crippen molar-refractivity contribution in [3.8, 4) is 11.3 Å². The fraction of sp³-hybridized carbons (Fsp3) is 0.238. The Morgan fingerprint density at radius 3 is 2.48 bits per heavy atom. The van der Waals surface area contributed by atoms with Crippen LogP contribution in [0.1, 0.15) is 0 Å². The van der Waals surface area contributed by atoms with Gasteiger partial charge >= 0.3 is 0 Å². The molecule has 0 atom stereocenters. The van der Waals surface area contributed by atoms with E-state index in [-0.39, 0.29) is 23.3 Å². The second kappa shape index (κ2) is 8.65. The summed E-state index contributed by atoms with van der Waals surface area (Å²) < 4.78 is 32.6. The van der Waals surface area contributed by atoms with Crippen LogP contribution in [0.15, 0.2) is 64.4 Å². The second-order valence-corrected chi connectivity index (χ2v) is 7.53. The first-order valence-electron chi connectivity index (χ1n) is 9.22. The lowest BCUT2D eigenvalue weighted by Gasteiger charge is -2.36. The topological polar surface area (TPSA) is 49.6 Å². The van der Waals surface area contributed by atoms with E-state index < -0.39 is 0 Å². The third kappa shape index (κ3) is 4.59. The van der Waals surface area contributed by atoms with Gasteiger partial charge in [-0.05, 0) is 36.4 Å². The van der Waals surface area contributed by atoms with Crippen molar-refractivity contribution in [3.63, 3.8) is 0 Å². The molecule has 0 N–H and O–H groups in total. The van der Waals surface area contributed by atoms with E-state index >= 15 is 0 Å². The van der Waals surface area contributed by atoms with Crippen LogP contribution in [0.5, 0.6) is 0 Å². The van der Waals surface area contributed by atoms with Crippen LogP contribution in [0, 0.1) is 11.6 Å². The fourth-order valence-corrected chi connectivity index (χ4v) is 3.90. The summed E-state index contributed by atoms with van der Waals surface area (Å²) in [5.41, 5.74) is 1.29. The number of amides is 1.